The molecule has 1 amide bonds. The zero-order chi connectivity index (χ0) is 11.6. The summed E-state index contributed by atoms with van der Waals surface area (Å²) in [5.74, 6) is -1.96. The van der Waals surface area contributed by atoms with Crippen molar-refractivity contribution in [2.24, 2.45) is 10.9 Å². The summed E-state index contributed by atoms with van der Waals surface area (Å²) >= 11 is 4.91. The van der Waals surface area contributed by atoms with E-state index in [1.807, 2.05) is 0 Å². The SMILES string of the molecule is COC(=O)C1C=NC(=S)N(C(C)C)C1=O. The molecule has 82 valence electrons. The molecule has 0 aromatic carbocycles. The van der Waals surface area contributed by atoms with Gasteiger partial charge in [0.2, 0.25) is 11.0 Å². The molecule has 1 heterocycles. The lowest BCUT2D eigenvalue weighted by Crippen LogP contribution is -2.49. The molecule has 0 N–H and O–H groups in total. The van der Waals surface area contributed by atoms with E-state index in [-0.39, 0.29) is 17.1 Å². The Bertz CT molecular complexity index is 338. The predicted octanol–water partition coefficient (Wildman–Crippen LogP) is 0.382. The number of ether oxygens (including phenoxy) is 1. The zero-order valence-electron chi connectivity index (χ0n) is 8.76. The first-order chi connectivity index (χ1) is 6.99. The zero-order valence-corrected chi connectivity index (χ0v) is 9.58. The summed E-state index contributed by atoms with van der Waals surface area (Å²) in [6, 6.07) is -0.116. The average Bonchev–Trinajstić information content (AvgIpc) is 2.16. The maximum absolute atomic E-state index is 11.8. The minimum absolute atomic E-state index is 0.116. The van der Waals surface area contributed by atoms with Gasteiger partial charge in [0.1, 0.15) is 0 Å². The van der Waals surface area contributed by atoms with Crippen molar-refractivity contribution in [3.63, 3.8) is 0 Å². The standard InChI is InChI=1S/C9H12N2O3S/c1-5(2)11-7(12)6(8(13)14-3)4-10-9(11)15/h4-6H,1-3H3. The van der Waals surface area contributed by atoms with Gasteiger partial charge in [0, 0.05) is 12.3 Å². The van der Waals surface area contributed by atoms with Gasteiger partial charge in [0.05, 0.1) is 7.11 Å². The molecule has 5 nitrogen and oxygen atoms in total. The van der Waals surface area contributed by atoms with E-state index < -0.39 is 11.9 Å². The Morgan fingerprint density at radius 2 is 2.27 bits per heavy atom. The van der Waals surface area contributed by atoms with E-state index >= 15 is 0 Å². The van der Waals surface area contributed by atoms with Crippen molar-refractivity contribution in [1.82, 2.24) is 4.90 Å². The van der Waals surface area contributed by atoms with Gasteiger partial charge in [0.15, 0.2) is 5.92 Å². The Balaban J connectivity index is 2.98. The number of nitrogens with zero attached hydrogens (tertiary/aromatic N) is 2. The third-order valence-electron chi connectivity index (χ3n) is 2.02. The van der Waals surface area contributed by atoms with Crippen molar-refractivity contribution >= 4 is 35.4 Å². The normalized spacial score (nSPS) is 21.1. The van der Waals surface area contributed by atoms with Gasteiger partial charge in [-0.15, -0.1) is 0 Å². The first kappa shape index (κ1) is 11.8. The van der Waals surface area contributed by atoms with Crippen molar-refractivity contribution in [2.45, 2.75) is 19.9 Å². The van der Waals surface area contributed by atoms with Crippen LogP contribution in [0.2, 0.25) is 0 Å². The topological polar surface area (TPSA) is 59.0 Å². The molecule has 1 unspecified atom stereocenters. The number of hydrogen-bond acceptors (Lipinski definition) is 4. The summed E-state index contributed by atoms with van der Waals surface area (Å²) < 4.78 is 4.50. The van der Waals surface area contributed by atoms with Crippen LogP contribution in [0.25, 0.3) is 0 Å². The Morgan fingerprint density at radius 1 is 1.67 bits per heavy atom. The molecule has 1 atom stereocenters. The number of carbonyl (C=O) groups is 2. The lowest BCUT2D eigenvalue weighted by Gasteiger charge is -2.29. The number of rotatable bonds is 2. The molecule has 0 spiro atoms. The van der Waals surface area contributed by atoms with Crippen LogP contribution >= 0.6 is 12.2 Å². The fraction of sp³-hybridized carbons (Fsp3) is 0.556. The number of hydrogen-bond donors (Lipinski definition) is 0. The highest BCUT2D eigenvalue weighted by Crippen LogP contribution is 2.14. The van der Waals surface area contributed by atoms with Crippen LogP contribution in [0, 0.1) is 5.92 Å². The third-order valence-corrected chi connectivity index (χ3v) is 2.32. The maximum atomic E-state index is 11.8. The number of aliphatic imine (C=N–C) groups is 1. The minimum atomic E-state index is -0.968. The van der Waals surface area contributed by atoms with E-state index in [0.29, 0.717) is 0 Å². The molecule has 0 fully saturated rings. The number of thiocarbonyl (C=S) groups is 1. The summed E-state index contributed by atoms with van der Waals surface area (Å²) in [6.07, 6.45) is 1.23. The molecule has 6 heteroatoms. The average molecular weight is 228 g/mol. The van der Waals surface area contributed by atoms with E-state index in [1.165, 1.54) is 18.2 Å². The number of amides is 1. The minimum Gasteiger partial charge on any atom is -0.468 e. The largest absolute Gasteiger partial charge is 0.468 e. The van der Waals surface area contributed by atoms with Gasteiger partial charge in [-0.2, -0.15) is 0 Å². The van der Waals surface area contributed by atoms with Crippen LogP contribution in [0.15, 0.2) is 4.99 Å². The Kier molecular flexibility index (Phi) is 3.52. The van der Waals surface area contributed by atoms with Gasteiger partial charge >= 0.3 is 5.97 Å². The van der Waals surface area contributed by atoms with Crippen LogP contribution in [0.1, 0.15) is 13.8 Å². The molecular formula is C9H12N2O3S. The predicted molar refractivity (Wildman–Crippen MR) is 58.6 cm³/mol. The lowest BCUT2D eigenvalue weighted by atomic mass is 10.1. The number of carbonyl (C=O) groups excluding carboxylic acids is 2. The van der Waals surface area contributed by atoms with Gasteiger partial charge in [-0.05, 0) is 26.1 Å². The van der Waals surface area contributed by atoms with Gasteiger partial charge in [-0.1, -0.05) is 0 Å². The first-order valence-corrected chi connectivity index (χ1v) is 4.89. The van der Waals surface area contributed by atoms with Crippen molar-refractivity contribution in [1.29, 1.82) is 0 Å². The smallest absolute Gasteiger partial charge is 0.323 e. The van der Waals surface area contributed by atoms with Crippen LogP contribution in [0.4, 0.5) is 0 Å². The highest BCUT2D eigenvalue weighted by atomic mass is 32.1. The van der Waals surface area contributed by atoms with E-state index in [1.54, 1.807) is 13.8 Å². The fourth-order valence-corrected chi connectivity index (χ4v) is 1.63. The van der Waals surface area contributed by atoms with Gasteiger partial charge < -0.3 is 4.74 Å². The van der Waals surface area contributed by atoms with Crippen molar-refractivity contribution in [3.05, 3.63) is 0 Å². The highest BCUT2D eigenvalue weighted by Gasteiger charge is 2.36. The molecule has 0 saturated carbocycles. The summed E-state index contributed by atoms with van der Waals surface area (Å²) in [4.78, 5) is 28.2. The van der Waals surface area contributed by atoms with Crippen molar-refractivity contribution in [2.75, 3.05) is 7.11 Å². The fourth-order valence-electron chi connectivity index (χ4n) is 1.27. The molecule has 1 rings (SSSR count). The molecule has 0 aromatic heterocycles. The maximum Gasteiger partial charge on any atom is 0.323 e. The summed E-state index contributed by atoms with van der Waals surface area (Å²) in [7, 11) is 1.23. The van der Waals surface area contributed by atoms with Gasteiger partial charge in [-0.25, -0.2) is 4.99 Å². The molecule has 0 aliphatic carbocycles. The molecular weight excluding hydrogens is 216 g/mol. The summed E-state index contributed by atoms with van der Waals surface area (Å²) in [5, 5.41) is 0.190. The van der Waals surface area contributed by atoms with Gasteiger partial charge in [0.25, 0.3) is 0 Å². The van der Waals surface area contributed by atoms with Crippen LogP contribution in [-0.4, -0.2) is 41.3 Å². The van der Waals surface area contributed by atoms with E-state index in [2.05, 4.69) is 9.73 Å². The molecule has 0 radical (unpaired) electrons. The van der Waals surface area contributed by atoms with Gasteiger partial charge in [-0.3, -0.25) is 14.5 Å². The molecule has 1 aliphatic heterocycles. The summed E-state index contributed by atoms with van der Waals surface area (Å²) in [6.45, 7) is 3.61. The van der Waals surface area contributed by atoms with E-state index in [9.17, 15) is 9.59 Å². The van der Waals surface area contributed by atoms with Crippen LogP contribution in [0.5, 0.6) is 0 Å². The highest BCUT2D eigenvalue weighted by molar-refractivity contribution is 7.80. The molecule has 0 aromatic rings. The summed E-state index contributed by atoms with van der Waals surface area (Å²) in [5.41, 5.74) is 0. The van der Waals surface area contributed by atoms with Crippen molar-refractivity contribution in [3.8, 4) is 0 Å². The molecule has 1 aliphatic rings. The molecule has 0 saturated heterocycles. The quantitative estimate of drug-likeness (QED) is 0.389. The molecule has 15 heavy (non-hydrogen) atoms. The number of methoxy groups -OCH3 is 1. The van der Waals surface area contributed by atoms with E-state index in [4.69, 9.17) is 12.2 Å². The monoisotopic (exact) mass is 228 g/mol. The first-order valence-electron chi connectivity index (χ1n) is 4.48. The second kappa shape index (κ2) is 4.48. The third kappa shape index (κ3) is 2.20. The Labute approximate surface area is 93.1 Å². The second-order valence-electron chi connectivity index (χ2n) is 3.36. The van der Waals surface area contributed by atoms with E-state index in [0.717, 1.165) is 0 Å². The van der Waals surface area contributed by atoms with Crippen LogP contribution in [-0.2, 0) is 14.3 Å². The Hall–Kier alpha value is -1.30. The second-order valence-corrected chi connectivity index (χ2v) is 3.73. The Morgan fingerprint density at radius 3 is 2.73 bits per heavy atom. The van der Waals surface area contributed by atoms with Crippen LogP contribution < -0.4 is 0 Å². The lowest BCUT2D eigenvalue weighted by molar-refractivity contribution is -0.149. The van der Waals surface area contributed by atoms with Crippen LogP contribution in [0.3, 0.4) is 0 Å². The molecule has 0 bridgehead atoms. The number of esters is 1. The van der Waals surface area contributed by atoms with Crippen molar-refractivity contribution < 1.29 is 14.3 Å².